The normalized spacial score (nSPS) is 19.6. The molecule has 5 heteroatoms. The summed E-state index contributed by atoms with van der Waals surface area (Å²) in [7, 11) is 1.94. The zero-order valence-corrected chi connectivity index (χ0v) is 12.5. The highest BCUT2D eigenvalue weighted by molar-refractivity contribution is 5.19. The molecule has 1 heterocycles. The van der Waals surface area contributed by atoms with Crippen LogP contribution in [0, 0.1) is 11.3 Å². The summed E-state index contributed by atoms with van der Waals surface area (Å²) in [6.07, 6.45) is 4.94. The number of allylic oxidation sites excluding steroid dienone is 1. The van der Waals surface area contributed by atoms with E-state index in [1.807, 2.05) is 30.0 Å². The summed E-state index contributed by atoms with van der Waals surface area (Å²) in [5.41, 5.74) is 0.762. The number of alkyl halides is 2. The molecule has 114 valence electrons. The van der Waals surface area contributed by atoms with E-state index in [0.717, 1.165) is 37.9 Å². The molecule has 20 heavy (non-hydrogen) atoms. The van der Waals surface area contributed by atoms with Crippen molar-refractivity contribution in [2.75, 3.05) is 33.2 Å². The van der Waals surface area contributed by atoms with Crippen molar-refractivity contribution in [3.63, 3.8) is 0 Å². The van der Waals surface area contributed by atoms with Crippen molar-refractivity contribution in [2.45, 2.75) is 45.0 Å². The van der Waals surface area contributed by atoms with Crippen molar-refractivity contribution in [1.29, 1.82) is 5.26 Å². The number of nitriles is 1. The van der Waals surface area contributed by atoms with Crippen LogP contribution < -0.4 is 0 Å². The first kappa shape index (κ1) is 16.9. The largest absolute Gasteiger partial charge is 0.380 e. The fourth-order valence-corrected chi connectivity index (χ4v) is 2.39. The lowest BCUT2D eigenvalue weighted by Crippen LogP contribution is -2.42. The Balaban J connectivity index is 2.24. The van der Waals surface area contributed by atoms with E-state index in [1.165, 1.54) is 0 Å². The average molecular weight is 285 g/mol. The van der Waals surface area contributed by atoms with Gasteiger partial charge < -0.3 is 4.90 Å². The van der Waals surface area contributed by atoms with Crippen LogP contribution in [-0.4, -0.2) is 48.9 Å². The van der Waals surface area contributed by atoms with Gasteiger partial charge in [-0.2, -0.15) is 5.26 Å². The Bertz CT molecular complexity index is 361. The van der Waals surface area contributed by atoms with E-state index in [2.05, 4.69) is 6.07 Å². The summed E-state index contributed by atoms with van der Waals surface area (Å²) in [6.45, 7) is 4.27. The van der Waals surface area contributed by atoms with E-state index in [9.17, 15) is 8.78 Å². The first-order valence-corrected chi connectivity index (χ1v) is 7.38. The number of likely N-dealkylation sites (tertiary alicyclic amines) is 1. The predicted molar refractivity (Wildman–Crippen MR) is 76.5 cm³/mol. The molecule has 1 aliphatic heterocycles. The number of hydrogen-bond donors (Lipinski definition) is 0. The standard InChI is InChI=1S/C15H25F2N3/c1-3-19(2)12-14(11-18)7-4-5-9-20-10-6-8-15(16,17)13-20/h12H,3-10,13H2,1-2H3/b14-12-. The summed E-state index contributed by atoms with van der Waals surface area (Å²) < 4.78 is 26.5. The predicted octanol–water partition coefficient (Wildman–Crippen LogP) is 3.25. The summed E-state index contributed by atoms with van der Waals surface area (Å²) in [6, 6.07) is 2.20. The molecule has 0 bridgehead atoms. The molecular weight excluding hydrogens is 260 g/mol. The van der Waals surface area contributed by atoms with E-state index < -0.39 is 5.92 Å². The quantitative estimate of drug-likeness (QED) is 0.531. The Morgan fingerprint density at radius 1 is 1.45 bits per heavy atom. The minimum Gasteiger partial charge on any atom is -0.380 e. The monoisotopic (exact) mass is 285 g/mol. The second-order valence-electron chi connectivity index (χ2n) is 5.53. The molecule has 1 saturated heterocycles. The van der Waals surface area contributed by atoms with E-state index >= 15 is 0 Å². The SMILES string of the molecule is CCN(C)/C=C(\C#N)CCCCN1CCCC(F)(F)C1. The first-order valence-electron chi connectivity index (χ1n) is 7.38. The molecule has 0 saturated carbocycles. The number of hydrogen-bond acceptors (Lipinski definition) is 3. The van der Waals surface area contributed by atoms with Gasteiger partial charge in [0.1, 0.15) is 0 Å². The van der Waals surface area contributed by atoms with E-state index in [0.29, 0.717) is 13.0 Å². The minimum atomic E-state index is -2.51. The number of rotatable bonds is 7. The molecule has 0 unspecified atom stereocenters. The fourth-order valence-electron chi connectivity index (χ4n) is 2.39. The van der Waals surface area contributed by atoms with Gasteiger partial charge in [-0.3, -0.25) is 4.90 Å². The highest BCUT2D eigenvalue weighted by atomic mass is 19.3. The van der Waals surface area contributed by atoms with Gasteiger partial charge in [0.25, 0.3) is 5.92 Å². The Morgan fingerprint density at radius 3 is 2.80 bits per heavy atom. The first-order chi connectivity index (χ1) is 9.46. The van der Waals surface area contributed by atoms with Crippen molar-refractivity contribution in [3.05, 3.63) is 11.8 Å². The van der Waals surface area contributed by atoms with Crippen LogP contribution in [0.1, 0.15) is 39.0 Å². The van der Waals surface area contributed by atoms with Gasteiger partial charge in [-0.15, -0.1) is 0 Å². The summed E-state index contributed by atoms with van der Waals surface area (Å²) >= 11 is 0. The maximum absolute atomic E-state index is 13.2. The Hall–Kier alpha value is -1.15. The van der Waals surface area contributed by atoms with Gasteiger partial charge in [0.05, 0.1) is 12.6 Å². The molecule has 0 N–H and O–H groups in total. The summed E-state index contributed by atoms with van der Waals surface area (Å²) in [5.74, 6) is -2.51. The highest BCUT2D eigenvalue weighted by Crippen LogP contribution is 2.26. The second-order valence-corrected chi connectivity index (χ2v) is 5.53. The topological polar surface area (TPSA) is 30.3 Å². The van der Waals surface area contributed by atoms with Crippen LogP contribution in [0.2, 0.25) is 0 Å². The van der Waals surface area contributed by atoms with Gasteiger partial charge in [0, 0.05) is 31.8 Å². The molecule has 0 aromatic heterocycles. The van der Waals surface area contributed by atoms with Gasteiger partial charge in [0.2, 0.25) is 0 Å². The zero-order chi connectivity index (χ0) is 15.0. The van der Waals surface area contributed by atoms with Crippen LogP contribution >= 0.6 is 0 Å². The van der Waals surface area contributed by atoms with Gasteiger partial charge in [0.15, 0.2) is 0 Å². The van der Waals surface area contributed by atoms with E-state index in [1.54, 1.807) is 0 Å². The molecule has 3 nitrogen and oxygen atoms in total. The van der Waals surface area contributed by atoms with Crippen LogP contribution in [0.5, 0.6) is 0 Å². The molecule has 1 rings (SSSR count). The van der Waals surface area contributed by atoms with Crippen molar-refractivity contribution >= 4 is 0 Å². The molecule has 0 aromatic carbocycles. The number of unbranched alkanes of at least 4 members (excludes halogenated alkanes) is 1. The van der Waals surface area contributed by atoms with Crippen LogP contribution in [0.25, 0.3) is 0 Å². The van der Waals surface area contributed by atoms with Gasteiger partial charge >= 0.3 is 0 Å². The highest BCUT2D eigenvalue weighted by Gasteiger charge is 2.34. The molecule has 1 fully saturated rings. The van der Waals surface area contributed by atoms with Crippen molar-refractivity contribution < 1.29 is 8.78 Å². The van der Waals surface area contributed by atoms with Gasteiger partial charge in [-0.25, -0.2) is 8.78 Å². The van der Waals surface area contributed by atoms with Crippen molar-refractivity contribution in [2.24, 2.45) is 0 Å². The van der Waals surface area contributed by atoms with Crippen LogP contribution in [0.3, 0.4) is 0 Å². The van der Waals surface area contributed by atoms with Gasteiger partial charge in [-0.05, 0) is 45.7 Å². The third-order valence-electron chi connectivity index (χ3n) is 3.66. The molecule has 0 amide bonds. The van der Waals surface area contributed by atoms with Crippen molar-refractivity contribution in [3.8, 4) is 6.07 Å². The number of halogens is 2. The van der Waals surface area contributed by atoms with Crippen LogP contribution in [-0.2, 0) is 0 Å². The van der Waals surface area contributed by atoms with Crippen LogP contribution in [0.4, 0.5) is 8.78 Å². The Kier molecular flexibility index (Phi) is 6.94. The lowest BCUT2D eigenvalue weighted by molar-refractivity contribution is -0.0640. The Morgan fingerprint density at radius 2 is 2.20 bits per heavy atom. The smallest absolute Gasteiger partial charge is 0.260 e. The van der Waals surface area contributed by atoms with E-state index in [4.69, 9.17) is 5.26 Å². The Labute approximate surface area is 120 Å². The molecule has 0 aliphatic carbocycles. The molecular formula is C15H25F2N3. The van der Waals surface area contributed by atoms with Gasteiger partial charge in [-0.1, -0.05) is 0 Å². The molecule has 0 atom stereocenters. The van der Waals surface area contributed by atoms with E-state index in [-0.39, 0.29) is 13.0 Å². The average Bonchev–Trinajstić information content (AvgIpc) is 2.40. The maximum atomic E-state index is 13.2. The lowest BCUT2D eigenvalue weighted by Gasteiger charge is -2.32. The second kappa shape index (κ2) is 8.21. The summed E-state index contributed by atoms with van der Waals surface area (Å²) in [5, 5.41) is 9.03. The zero-order valence-electron chi connectivity index (χ0n) is 12.5. The minimum absolute atomic E-state index is 0.0220. The number of piperidine rings is 1. The molecule has 0 spiro atoms. The molecule has 0 radical (unpaired) electrons. The third-order valence-corrected chi connectivity index (χ3v) is 3.66. The summed E-state index contributed by atoms with van der Waals surface area (Å²) in [4.78, 5) is 3.82. The lowest BCUT2D eigenvalue weighted by atomic mass is 10.1. The number of nitrogens with zero attached hydrogens (tertiary/aromatic N) is 3. The molecule has 1 aliphatic rings. The maximum Gasteiger partial charge on any atom is 0.260 e. The van der Waals surface area contributed by atoms with Crippen molar-refractivity contribution in [1.82, 2.24) is 9.80 Å². The fraction of sp³-hybridized carbons (Fsp3) is 0.800. The molecule has 0 aromatic rings. The van der Waals surface area contributed by atoms with Crippen LogP contribution in [0.15, 0.2) is 11.8 Å². The third kappa shape index (κ3) is 6.33.